The van der Waals surface area contributed by atoms with Gasteiger partial charge < -0.3 is 15.5 Å². The van der Waals surface area contributed by atoms with Crippen LogP contribution in [-0.4, -0.2) is 47.0 Å². The van der Waals surface area contributed by atoms with E-state index in [2.05, 4.69) is 0 Å². The molecule has 92 valence electrons. The van der Waals surface area contributed by atoms with Gasteiger partial charge in [0.25, 0.3) is 0 Å². The Morgan fingerprint density at radius 2 is 2.00 bits per heavy atom. The van der Waals surface area contributed by atoms with Crippen molar-refractivity contribution in [3.8, 4) is 0 Å². The molecular formula is C11H21N3OS. The highest BCUT2D eigenvalue weighted by atomic mass is 32.1. The summed E-state index contributed by atoms with van der Waals surface area (Å²) in [6, 6.07) is 0.176. The van der Waals surface area contributed by atoms with Gasteiger partial charge in [0.05, 0.1) is 4.99 Å². The van der Waals surface area contributed by atoms with Crippen molar-refractivity contribution in [2.75, 3.05) is 20.1 Å². The Labute approximate surface area is 103 Å². The molecule has 2 N–H and O–H groups in total. The monoisotopic (exact) mass is 243 g/mol. The van der Waals surface area contributed by atoms with Gasteiger partial charge in [-0.25, -0.2) is 4.79 Å². The maximum absolute atomic E-state index is 12.1. The topological polar surface area (TPSA) is 49.6 Å². The van der Waals surface area contributed by atoms with Crippen molar-refractivity contribution in [2.45, 2.75) is 38.6 Å². The molecule has 0 saturated carbocycles. The van der Waals surface area contributed by atoms with Gasteiger partial charge >= 0.3 is 6.03 Å². The third-order valence-corrected chi connectivity index (χ3v) is 3.25. The molecule has 1 aliphatic rings. The maximum Gasteiger partial charge on any atom is 0.319 e. The molecule has 0 aromatic heterocycles. The molecule has 1 rings (SSSR count). The zero-order valence-corrected chi connectivity index (χ0v) is 10.9. The van der Waals surface area contributed by atoms with Crippen molar-refractivity contribution in [3.63, 3.8) is 0 Å². The molecule has 0 aromatic carbocycles. The van der Waals surface area contributed by atoms with Crippen molar-refractivity contribution >= 4 is 23.2 Å². The van der Waals surface area contributed by atoms with Gasteiger partial charge in [0.1, 0.15) is 0 Å². The lowest BCUT2D eigenvalue weighted by Crippen LogP contribution is -2.47. The lowest BCUT2D eigenvalue weighted by molar-refractivity contribution is 0.141. The second-order valence-corrected chi connectivity index (χ2v) is 4.99. The Morgan fingerprint density at radius 1 is 1.44 bits per heavy atom. The van der Waals surface area contributed by atoms with E-state index in [1.165, 1.54) is 6.42 Å². The maximum atomic E-state index is 12.1. The SMILES string of the molecule is CC(CC(N)=S)N(C)C(=O)N1CCCCC1. The molecule has 1 saturated heterocycles. The summed E-state index contributed by atoms with van der Waals surface area (Å²) in [6.45, 7) is 3.73. The number of likely N-dealkylation sites (tertiary alicyclic amines) is 1. The summed E-state index contributed by atoms with van der Waals surface area (Å²) >= 11 is 4.86. The number of urea groups is 1. The van der Waals surface area contributed by atoms with E-state index in [1.807, 2.05) is 18.9 Å². The van der Waals surface area contributed by atoms with E-state index in [9.17, 15) is 4.79 Å². The first-order chi connectivity index (χ1) is 7.52. The molecule has 1 heterocycles. The van der Waals surface area contributed by atoms with Crippen LogP contribution in [0.5, 0.6) is 0 Å². The van der Waals surface area contributed by atoms with E-state index in [-0.39, 0.29) is 12.1 Å². The molecule has 0 aliphatic carbocycles. The number of hydrogen-bond acceptors (Lipinski definition) is 2. The standard InChI is InChI=1S/C11H21N3OS/c1-9(8-10(12)16)13(2)11(15)14-6-4-3-5-7-14/h9H,3-8H2,1-2H3,(H2,12,16). The van der Waals surface area contributed by atoms with Crippen LogP contribution in [0.25, 0.3) is 0 Å². The van der Waals surface area contributed by atoms with E-state index in [0.29, 0.717) is 11.4 Å². The predicted octanol–water partition coefficient (Wildman–Crippen LogP) is 1.59. The third kappa shape index (κ3) is 3.63. The number of hydrogen-bond donors (Lipinski definition) is 1. The van der Waals surface area contributed by atoms with Crippen molar-refractivity contribution in [1.29, 1.82) is 0 Å². The first kappa shape index (κ1) is 13.2. The predicted molar refractivity (Wildman–Crippen MR) is 69.4 cm³/mol. The second-order valence-electron chi connectivity index (χ2n) is 4.46. The smallest absolute Gasteiger partial charge is 0.319 e. The number of nitrogens with two attached hydrogens (primary N) is 1. The van der Waals surface area contributed by atoms with Crippen molar-refractivity contribution < 1.29 is 4.79 Å². The number of carbonyl (C=O) groups excluding carboxylic acids is 1. The number of carbonyl (C=O) groups is 1. The first-order valence-corrected chi connectivity index (χ1v) is 6.23. The van der Waals surface area contributed by atoms with Crippen LogP contribution in [0.3, 0.4) is 0 Å². The molecule has 5 heteroatoms. The van der Waals surface area contributed by atoms with Crippen LogP contribution in [0, 0.1) is 0 Å². The van der Waals surface area contributed by atoms with Gasteiger partial charge in [0, 0.05) is 32.6 Å². The minimum Gasteiger partial charge on any atom is -0.393 e. The fourth-order valence-corrected chi connectivity index (χ4v) is 2.17. The number of thiocarbonyl (C=S) groups is 1. The van der Waals surface area contributed by atoms with Crippen LogP contribution < -0.4 is 5.73 Å². The Balaban J connectivity index is 2.48. The highest BCUT2D eigenvalue weighted by Crippen LogP contribution is 2.12. The average molecular weight is 243 g/mol. The van der Waals surface area contributed by atoms with Gasteiger partial charge in [0.15, 0.2) is 0 Å². The minimum absolute atomic E-state index is 0.0759. The summed E-state index contributed by atoms with van der Waals surface area (Å²) in [5, 5.41) is 0. The molecule has 1 fully saturated rings. The first-order valence-electron chi connectivity index (χ1n) is 5.82. The molecule has 0 aromatic rings. The Kier molecular flexibility index (Phi) is 4.99. The van der Waals surface area contributed by atoms with Gasteiger partial charge in [-0.05, 0) is 26.2 Å². The summed E-state index contributed by atoms with van der Waals surface area (Å²) in [5.41, 5.74) is 5.49. The summed E-state index contributed by atoms with van der Waals surface area (Å²) in [7, 11) is 1.82. The third-order valence-electron chi connectivity index (χ3n) is 3.09. The number of amides is 2. The summed E-state index contributed by atoms with van der Waals surface area (Å²) in [5.74, 6) is 0. The van der Waals surface area contributed by atoms with Crippen LogP contribution in [0.2, 0.25) is 0 Å². The van der Waals surface area contributed by atoms with Gasteiger partial charge in [0.2, 0.25) is 0 Å². The van der Waals surface area contributed by atoms with Crippen LogP contribution >= 0.6 is 12.2 Å². The summed E-state index contributed by atoms with van der Waals surface area (Å²) in [4.78, 5) is 16.2. The van der Waals surface area contributed by atoms with Crippen molar-refractivity contribution in [1.82, 2.24) is 9.80 Å². The Bertz CT molecular complexity index is 264. The Morgan fingerprint density at radius 3 is 2.50 bits per heavy atom. The average Bonchev–Trinajstić information content (AvgIpc) is 2.27. The lowest BCUT2D eigenvalue weighted by atomic mass is 10.1. The molecule has 4 nitrogen and oxygen atoms in total. The molecule has 0 radical (unpaired) electrons. The Hall–Kier alpha value is -0.840. The van der Waals surface area contributed by atoms with Crippen molar-refractivity contribution in [2.24, 2.45) is 5.73 Å². The van der Waals surface area contributed by atoms with Crippen LogP contribution in [0.15, 0.2) is 0 Å². The highest BCUT2D eigenvalue weighted by Gasteiger charge is 2.23. The van der Waals surface area contributed by atoms with Crippen LogP contribution in [-0.2, 0) is 0 Å². The van der Waals surface area contributed by atoms with E-state index in [1.54, 1.807) is 4.90 Å². The number of piperidine rings is 1. The van der Waals surface area contributed by atoms with Gasteiger partial charge in [-0.2, -0.15) is 0 Å². The van der Waals surface area contributed by atoms with Crippen LogP contribution in [0.4, 0.5) is 4.79 Å². The second kappa shape index (κ2) is 6.03. The molecular weight excluding hydrogens is 222 g/mol. The molecule has 1 aliphatic heterocycles. The molecule has 2 amide bonds. The summed E-state index contributed by atoms with van der Waals surface area (Å²) < 4.78 is 0. The molecule has 16 heavy (non-hydrogen) atoms. The summed E-state index contributed by atoms with van der Waals surface area (Å²) in [6.07, 6.45) is 4.05. The van der Waals surface area contributed by atoms with Crippen LogP contribution in [0.1, 0.15) is 32.6 Å². The van der Waals surface area contributed by atoms with Gasteiger partial charge in [-0.1, -0.05) is 12.2 Å². The molecule has 1 unspecified atom stereocenters. The zero-order chi connectivity index (χ0) is 12.1. The van der Waals surface area contributed by atoms with E-state index in [4.69, 9.17) is 18.0 Å². The largest absolute Gasteiger partial charge is 0.393 e. The fourth-order valence-electron chi connectivity index (χ4n) is 1.92. The normalized spacial score (nSPS) is 18.0. The minimum atomic E-state index is 0.0759. The molecule has 0 bridgehead atoms. The fraction of sp³-hybridized carbons (Fsp3) is 0.818. The van der Waals surface area contributed by atoms with Crippen molar-refractivity contribution in [3.05, 3.63) is 0 Å². The molecule has 0 spiro atoms. The zero-order valence-electron chi connectivity index (χ0n) is 10.1. The number of rotatable bonds is 3. The van der Waals surface area contributed by atoms with Gasteiger partial charge in [-0.3, -0.25) is 0 Å². The quantitative estimate of drug-likeness (QED) is 0.766. The number of nitrogens with zero attached hydrogens (tertiary/aromatic N) is 2. The van der Waals surface area contributed by atoms with E-state index < -0.39 is 0 Å². The van der Waals surface area contributed by atoms with Gasteiger partial charge in [-0.15, -0.1) is 0 Å². The van der Waals surface area contributed by atoms with E-state index in [0.717, 1.165) is 25.9 Å². The highest BCUT2D eigenvalue weighted by molar-refractivity contribution is 7.80. The lowest BCUT2D eigenvalue weighted by Gasteiger charge is -2.33. The molecule has 1 atom stereocenters. The van der Waals surface area contributed by atoms with E-state index >= 15 is 0 Å².